The maximum Gasteiger partial charge on any atom is 0.239 e. The minimum absolute atomic E-state index is 0.0568. The van der Waals surface area contributed by atoms with Crippen molar-refractivity contribution >= 4 is 28.6 Å². The van der Waals surface area contributed by atoms with Crippen LogP contribution in [0, 0.1) is 0 Å². The Morgan fingerprint density at radius 3 is 2.62 bits per heavy atom. The fourth-order valence-corrected chi connectivity index (χ4v) is 1.91. The van der Waals surface area contributed by atoms with Crippen LogP contribution in [0.15, 0.2) is 0 Å². The second-order valence-electron chi connectivity index (χ2n) is 3.45. The van der Waals surface area contributed by atoms with Gasteiger partial charge in [0, 0.05) is 17.1 Å². The largest absolute Gasteiger partial charge is 0.396 e. The van der Waals surface area contributed by atoms with Crippen molar-refractivity contribution in [3.63, 3.8) is 0 Å². The second-order valence-corrected chi connectivity index (χ2v) is 5.55. The highest BCUT2D eigenvalue weighted by Crippen LogP contribution is 2.28. The molecule has 78 valence electrons. The molecule has 3 N–H and O–H groups in total. The highest BCUT2D eigenvalue weighted by atomic mass is 35.5. The zero-order valence-electron chi connectivity index (χ0n) is 7.92. The summed E-state index contributed by atoms with van der Waals surface area (Å²) in [5, 5.41) is 8.23. The van der Waals surface area contributed by atoms with E-state index in [-0.39, 0.29) is 11.4 Å². The van der Waals surface area contributed by atoms with Gasteiger partial charge in [-0.05, 0) is 18.0 Å². The van der Waals surface area contributed by atoms with Crippen LogP contribution in [0.5, 0.6) is 0 Å². The minimum Gasteiger partial charge on any atom is -0.396 e. The summed E-state index contributed by atoms with van der Waals surface area (Å²) in [5.74, 6) is 0.495. The fourth-order valence-electron chi connectivity index (χ4n) is 0.722. The van der Waals surface area contributed by atoms with Gasteiger partial charge in [-0.3, -0.25) is 4.79 Å². The first-order valence-corrected chi connectivity index (χ1v) is 5.45. The summed E-state index contributed by atoms with van der Waals surface area (Å²) in [6, 6.07) is -0.607. The highest BCUT2D eigenvalue weighted by molar-refractivity contribution is 8.00. The van der Waals surface area contributed by atoms with Crippen molar-refractivity contribution in [1.29, 1.82) is 0 Å². The van der Waals surface area contributed by atoms with Gasteiger partial charge in [0.1, 0.15) is 0 Å². The van der Waals surface area contributed by atoms with E-state index >= 15 is 0 Å². The van der Waals surface area contributed by atoms with Crippen molar-refractivity contribution in [2.24, 2.45) is 5.73 Å². The predicted molar refractivity (Wildman–Crippen MR) is 57.1 cm³/mol. The molecule has 0 radical (unpaired) electrons. The van der Waals surface area contributed by atoms with Crippen LogP contribution in [0.2, 0.25) is 0 Å². The van der Waals surface area contributed by atoms with Crippen LogP contribution in [0.1, 0.15) is 20.3 Å². The van der Waals surface area contributed by atoms with Crippen LogP contribution >= 0.6 is 23.4 Å². The first kappa shape index (κ1) is 13.2. The van der Waals surface area contributed by atoms with Gasteiger partial charge in [0.2, 0.25) is 5.24 Å². The van der Waals surface area contributed by atoms with Crippen LogP contribution in [0.4, 0.5) is 0 Å². The van der Waals surface area contributed by atoms with Gasteiger partial charge in [-0.25, -0.2) is 0 Å². The number of carbonyl (C=O) groups is 1. The van der Waals surface area contributed by atoms with Gasteiger partial charge >= 0.3 is 0 Å². The molecule has 0 rings (SSSR count). The van der Waals surface area contributed by atoms with Crippen LogP contribution in [0.3, 0.4) is 0 Å². The molecule has 0 aromatic rings. The molecule has 1 atom stereocenters. The third-order valence-corrected chi connectivity index (χ3v) is 3.45. The summed E-state index contributed by atoms with van der Waals surface area (Å²) in [5.41, 5.74) is 5.46. The molecule has 0 amide bonds. The zero-order chi connectivity index (χ0) is 10.5. The van der Waals surface area contributed by atoms with Gasteiger partial charge in [-0.2, -0.15) is 11.8 Å². The SMILES string of the molecule is CC(C)(CCO)SC[C@H](N)C(=O)Cl. The molecule has 0 fully saturated rings. The third kappa shape index (κ3) is 6.32. The lowest BCUT2D eigenvalue weighted by Gasteiger charge is -2.23. The summed E-state index contributed by atoms with van der Waals surface area (Å²) in [6.45, 7) is 4.14. The van der Waals surface area contributed by atoms with Crippen molar-refractivity contribution < 1.29 is 9.90 Å². The molecule has 0 saturated heterocycles. The van der Waals surface area contributed by atoms with E-state index in [4.69, 9.17) is 22.4 Å². The van der Waals surface area contributed by atoms with Gasteiger partial charge in [-0.1, -0.05) is 13.8 Å². The average molecular weight is 226 g/mol. The number of hydrogen-bond donors (Lipinski definition) is 2. The zero-order valence-corrected chi connectivity index (χ0v) is 9.49. The van der Waals surface area contributed by atoms with Crippen LogP contribution in [-0.2, 0) is 4.79 Å². The number of halogens is 1. The first-order valence-electron chi connectivity index (χ1n) is 4.09. The summed E-state index contributed by atoms with van der Waals surface area (Å²) in [7, 11) is 0. The van der Waals surface area contributed by atoms with E-state index < -0.39 is 11.3 Å². The van der Waals surface area contributed by atoms with E-state index in [1.165, 1.54) is 0 Å². The van der Waals surface area contributed by atoms with E-state index in [1.807, 2.05) is 13.8 Å². The van der Waals surface area contributed by atoms with E-state index in [0.717, 1.165) is 0 Å². The Hall–Kier alpha value is 0.230. The highest BCUT2D eigenvalue weighted by Gasteiger charge is 2.20. The lowest BCUT2D eigenvalue weighted by Crippen LogP contribution is -2.32. The van der Waals surface area contributed by atoms with E-state index in [0.29, 0.717) is 12.2 Å². The summed E-state index contributed by atoms with van der Waals surface area (Å²) >= 11 is 6.76. The maximum atomic E-state index is 10.6. The van der Waals surface area contributed by atoms with Gasteiger partial charge in [0.25, 0.3) is 0 Å². The van der Waals surface area contributed by atoms with Gasteiger partial charge in [0.15, 0.2) is 0 Å². The quantitative estimate of drug-likeness (QED) is 0.662. The molecular weight excluding hydrogens is 210 g/mol. The molecule has 0 unspecified atom stereocenters. The molecule has 0 saturated carbocycles. The van der Waals surface area contributed by atoms with Crippen LogP contribution in [0.25, 0.3) is 0 Å². The lowest BCUT2D eigenvalue weighted by atomic mass is 10.1. The van der Waals surface area contributed by atoms with Crippen molar-refractivity contribution in [3.05, 3.63) is 0 Å². The van der Waals surface area contributed by atoms with Crippen LogP contribution in [-0.4, -0.2) is 33.5 Å². The molecule has 3 nitrogen and oxygen atoms in total. The summed E-state index contributed by atoms with van der Waals surface area (Å²) < 4.78 is -0.0568. The van der Waals surface area contributed by atoms with Crippen LogP contribution < -0.4 is 5.73 Å². The molecule has 0 bridgehead atoms. The van der Waals surface area contributed by atoms with E-state index in [9.17, 15) is 4.79 Å². The predicted octanol–water partition coefficient (Wildman–Crippen LogP) is 0.973. The third-order valence-electron chi connectivity index (χ3n) is 1.66. The average Bonchev–Trinajstić information content (AvgIpc) is 2.00. The molecule has 13 heavy (non-hydrogen) atoms. The van der Waals surface area contributed by atoms with Crippen molar-refractivity contribution in [1.82, 2.24) is 0 Å². The molecule has 0 spiro atoms. The molecule has 5 heteroatoms. The monoisotopic (exact) mass is 225 g/mol. The summed E-state index contributed by atoms with van der Waals surface area (Å²) in [4.78, 5) is 10.6. The number of rotatable bonds is 6. The maximum absolute atomic E-state index is 10.6. The molecule has 0 aliphatic heterocycles. The van der Waals surface area contributed by atoms with Crippen molar-refractivity contribution in [3.8, 4) is 0 Å². The first-order chi connectivity index (χ1) is 5.89. The number of hydrogen-bond acceptors (Lipinski definition) is 4. The van der Waals surface area contributed by atoms with Crippen molar-refractivity contribution in [2.75, 3.05) is 12.4 Å². The van der Waals surface area contributed by atoms with Gasteiger partial charge in [-0.15, -0.1) is 0 Å². The van der Waals surface area contributed by atoms with E-state index in [1.54, 1.807) is 11.8 Å². The molecule has 0 aliphatic rings. The molecule has 0 heterocycles. The second kappa shape index (κ2) is 5.86. The van der Waals surface area contributed by atoms with E-state index in [2.05, 4.69) is 0 Å². The topological polar surface area (TPSA) is 63.3 Å². The molecular formula is C8H16ClNO2S. The molecule has 0 aliphatic carbocycles. The smallest absolute Gasteiger partial charge is 0.239 e. The van der Waals surface area contributed by atoms with Gasteiger partial charge < -0.3 is 10.8 Å². The molecule has 0 aromatic carbocycles. The Morgan fingerprint density at radius 1 is 1.69 bits per heavy atom. The number of aliphatic hydroxyl groups excluding tert-OH is 1. The Bertz CT molecular complexity index is 176. The Balaban J connectivity index is 3.80. The normalized spacial score (nSPS) is 14.2. The number of nitrogens with two attached hydrogens (primary N) is 1. The van der Waals surface area contributed by atoms with Crippen molar-refractivity contribution in [2.45, 2.75) is 31.1 Å². The summed E-state index contributed by atoms with van der Waals surface area (Å²) in [6.07, 6.45) is 0.681. The lowest BCUT2D eigenvalue weighted by molar-refractivity contribution is -0.112. The Kier molecular flexibility index (Phi) is 5.96. The minimum atomic E-state index is -0.607. The standard InChI is InChI=1S/C8H16ClNO2S/c1-8(2,3-4-11)13-5-6(10)7(9)12/h6,11H,3-5,10H2,1-2H3/t6-/m0/s1. The number of thioether (sulfide) groups is 1. The number of carbonyl (C=O) groups excluding carboxylic acids is 1. The molecule has 0 aromatic heterocycles. The van der Waals surface area contributed by atoms with Gasteiger partial charge in [0.05, 0.1) is 6.04 Å². The fraction of sp³-hybridized carbons (Fsp3) is 0.875. The Labute approximate surface area is 88.0 Å². The Morgan fingerprint density at radius 2 is 2.23 bits per heavy atom. The number of aliphatic hydroxyl groups is 1.